The van der Waals surface area contributed by atoms with Crippen LogP contribution in [-0.2, 0) is 6.54 Å². The number of hydrogen-bond donors (Lipinski definition) is 1. The summed E-state index contributed by atoms with van der Waals surface area (Å²) >= 11 is 0. The molecule has 0 spiro atoms. The SMILES string of the molecule is OC1C[C@H]2CC[C@@H](C1)N2Cc1ccccc1. The first kappa shape index (κ1) is 10.3. The van der Waals surface area contributed by atoms with Gasteiger partial charge in [-0.1, -0.05) is 30.3 Å². The molecule has 0 radical (unpaired) electrons. The lowest BCUT2D eigenvalue weighted by atomic mass is 9.99. The zero-order chi connectivity index (χ0) is 11.0. The molecule has 0 aliphatic carbocycles. The predicted octanol–water partition coefficient (Wildman–Crippen LogP) is 2.17. The minimum absolute atomic E-state index is 0.0514. The molecule has 0 amide bonds. The van der Waals surface area contributed by atoms with Crippen LogP contribution < -0.4 is 0 Å². The standard InChI is InChI=1S/C14H19NO/c16-14-8-12-6-7-13(9-14)15(12)10-11-4-2-1-3-5-11/h1-5,12-14,16H,6-10H2/t12-,13+,14?. The third-order valence-electron chi connectivity index (χ3n) is 4.07. The molecule has 2 fully saturated rings. The first-order valence-corrected chi connectivity index (χ1v) is 6.30. The number of rotatable bonds is 2. The summed E-state index contributed by atoms with van der Waals surface area (Å²) in [7, 11) is 0. The van der Waals surface area contributed by atoms with Gasteiger partial charge in [-0.3, -0.25) is 4.90 Å². The van der Waals surface area contributed by atoms with Gasteiger partial charge in [0.1, 0.15) is 0 Å². The van der Waals surface area contributed by atoms with Crippen molar-refractivity contribution in [1.82, 2.24) is 4.90 Å². The van der Waals surface area contributed by atoms with Gasteiger partial charge in [0, 0.05) is 18.6 Å². The molecule has 1 N–H and O–H groups in total. The van der Waals surface area contributed by atoms with Crippen molar-refractivity contribution in [2.45, 2.75) is 50.4 Å². The van der Waals surface area contributed by atoms with Crippen molar-refractivity contribution >= 4 is 0 Å². The molecule has 1 aromatic carbocycles. The summed E-state index contributed by atoms with van der Waals surface area (Å²) < 4.78 is 0. The van der Waals surface area contributed by atoms with Crippen molar-refractivity contribution in [1.29, 1.82) is 0 Å². The number of fused-ring (bicyclic) bond motifs is 2. The number of piperidine rings is 1. The fraction of sp³-hybridized carbons (Fsp3) is 0.571. The molecule has 86 valence electrons. The molecule has 2 heteroatoms. The molecular weight excluding hydrogens is 198 g/mol. The molecule has 1 unspecified atom stereocenters. The van der Waals surface area contributed by atoms with Crippen molar-refractivity contribution < 1.29 is 5.11 Å². The van der Waals surface area contributed by atoms with Crippen LogP contribution in [0, 0.1) is 0 Å². The summed E-state index contributed by atoms with van der Waals surface area (Å²) in [5.41, 5.74) is 1.40. The third kappa shape index (κ3) is 1.87. The minimum atomic E-state index is -0.0514. The summed E-state index contributed by atoms with van der Waals surface area (Å²) in [6.07, 6.45) is 4.44. The van der Waals surface area contributed by atoms with Crippen LogP contribution in [0.2, 0.25) is 0 Å². The number of aliphatic hydroxyl groups is 1. The van der Waals surface area contributed by atoms with E-state index >= 15 is 0 Å². The first-order valence-electron chi connectivity index (χ1n) is 6.30. The van der Waals surface area contributed by atoms with E-state index in [-0.39, 0.29) is 6.10 Å². The molecule has 2 aliphatic rings. The van der Waals surface area contributed by atoms with Crippen LogP contribution in [0.1, 0.15) is 31.2 Å². The Morgan fingerprint density at radius 1 is 1.06 bits per heavy atom. The Balaban J connectivity index is 1.72. The first-order chi connectivity index (χ1) is 7.83. The van der Waals surface area contributed by atoms with Crippen molar-refractivity contribution in [2.75, 3.05) is 0 Å². The number of aliphatic hydroxyl groups excluding tert-OH is 1. The summed E-state index contributed by atoms with van der Waals surface area (Å²) in [5.74, 6) is 0. The largest absolute Gasteiger partial charge is 0.393 e. The molecule has 0 aromatic heterocycles. The van der Waals surface area contributed by atoms with E-state index in [4.69, 9.17) is 0 Å². The van der Waals surface area contributed by atoms with Crippen molar-refractivity contribution in [3.63, 3.8) is 0 Å². The molecule has 0 saturated carbocycles. The van der Waals surface area contributed by atoms with E-state index < -0.39 is 0 Å². The molecule has 2 heterocycles. The minimum Gasteiger partial charge on any atom is -0.393 e. The van der Waals surface area contributed by atoms with Gasteiger partial charge in [0.15, 0.2) is 0 Å². The topological polar surface area (TPSA) is 23.5 Å². The number of nitrogens with zero attached hydrogens (tertiary/aromatic N) is 1. The van der Waals surface area contributed by atoms with Crippen LogP contribution in [-0.4, -0.2) is 28.2 Å². The second-order valence-corrected chi connectivity index (χ2v) is 5.17. The molecule has 2 aliphatic heterocycles. The highest BCUT2D eigenvalue weighted by molar-refractivity contribution is 5.15. The van der Waals surface area contributed by atoms with Gasteiger partial charge in [0.25, 0.3) is 0 Å². The summed E-state index contributed by atoms with van der Waals surface area (Å²) in [5, 5.41) is 9.75. The van der Waals surface area contributed by atoms with Crippen LogP contribution in [0.25, 0.3) is 0 Å². The Hall–Kier alpha value is -0.860. The Kier molecular flexibility index (Phi) is 2.70. The average molecular weight is 217 g/mol. The fourth-order valence-electron chi connectivity index (χ4n) is 3.30. The summed E-state index contributed by atoms with van der Waals surface area (Å²) in [4.78, 5) is 2.60. The van der Waals surface area contributed by atoms with Gasteiger partial charge >= 0.3 is 0 Å². The fourth-order valence-corrected chi connectivity index (χ4v) is 3.30. The molecule has 3 atom stereocenters. The normalized spacial score (nSPS) is 34.2. The number of benzene rings is 1. The predicted molar refractivity (Wildman–Crippen MR) is 64.0 cm³/mol. The maximum atomic E-state index is 9.75. The quantitative estimate of drug-likeness (QED) is 0.820. The second-order valence-electron chi connectivity index (χ2n) is 5.17. The Labute approximate surface area is 96.9 Å². The van der Waals surface area contributed by atoms with Gasteiger partial charge in [-0.2, -0.15) is 0 Å². The second kappa shape index (κ2) is 4.19. The summed E-state index contributed by atoms with van der Waals surface area (Å²) in [6.45, 7) is 1.06. The van der Waals surface area contributed by atoms with Crippen LogP contribution >= 0.6 is 0 Å². The van der Waals surface area contributed by atoms with Crippen LogP contribution in [0.5, 0.6) is 0 Å². The molecule has 1 aromatic rings. The molecule has 3 rings (SSSR count). The van der Waals surface area contributed by atoms with Crippen LogP contribution in [0.15, 0.2) is 30.3 Å². The molecular formula is C14H19NO. The van der Waals surface area contributed by atoms with Crippen molar-refractivity contribution in [2.24, 2.45) is 0 Å². The highest BCUT2D eigenvalue weighted by atomic mass is 16.3. The lowest BCUT2D eigenvalue weighted by Crippen LogP contribution is -2.43. The van der Waals surface area contributed by atoms with E-state index in [0.717, 1.165) is 19.4 Å². The van der Waals surface area contributed by atoms with E-state index in [1.54, 1.807) is 0 Å². The highest BCUT2D eigenvalue weighted by Crippen LogP contribution is 2.36. The Bertz CT molecular complexity index is 337. The van der Waals surface area contributed by atoms with E-state index in [1.165, 1.54) is 18.4 Å². The summed E-state index contributed by atoms with van der Waals surface area (Å²) in [6, 6.07) is 11.9. The van der Waals surface area contributed by atoms with E-state index in [0.29, 0.717) is 12.1 Å². The zero-order valence-electron chi connectivity index (χ0n) is 9.55. The average Bonchev–Trinajstić information content (AvgIpc) is 2.54. The van der Waals surface area contributed by atoms with Gasteiger partial charge in [-0.15, -0.1) is 0 Å². The molecule has 2 saturated heterocycles. The van der Waals surface area contributed by atoms with Gasteiger partial charge in [0.05, 0.1) is 6.10 Å². The van der Waals surface area contributed by atoms with Gasteiger partial charge in [0.2, 0.25) is 0 Å². The van der Waals surface area contributed by atoms with E-state index in [1.807, 2.05) is 0 Å². The van der Waals surface area contributed by atoms with Crippen LogP contribution in [0.3, 0.4) is 0 Å². The molecule has 2 nitrogen and oxygen atoms in total. The number of hydrogen-bond acceptors (Lipinski definition) is 2. The van der Waals surface area contributed by atoms with Gasteiger partial charge in [-0.25, -0.2) is 0 Å². The van der Waals surface area contributed by atoms with Gasteiger partial charge in [-0.05, 0) is 31.2 Å². The van der Waals surface area contributed by atoms with Crippen molar-refractivity contribution in [3.05, 3.63) is 35.9 Å². The van der Waals surface area contributed by atoms with E-state index in [9.17, 15) is 5.11 Å². The maximum absolute atomic E-state index is 9.75. The molecule has 2 bridgehead atoms. The van der Waals surface area contributed by atoms with Gasteiger partial charge < -0.3 is 5.11 Å². The Morgan fingerprint density at radius 2 is 1.69 bits per heavy atom. The molecule has 16 heavy (non-hydrogen) atoms. The van der Waals surface area contributed by atoms with Crippen LogP contribution in [0.4, 0.5) is 0 Å². The van der Waals surface area contributed by atoms with Crippen molar-refractivity contribution in [3.8, 4) is 0 Å². The monoisotopic (exact) mass is 217 g/mol. The van der Waals surface area contributed by atoms with E-state index in [2.05, 4.69) is 35.2 Å². The smallest absolute Gasteiger partial charge is 0.0570 e. The Morgan fingerprint density at radius 3 is 2.31 bits per heavy atom. The lowest BCUT2D eigenvalue weighted by molar-refractivity contribution is 0.0310. The lowest BCUT2D eigenvalue weighted by Gasteiger charge is -2.37. The maximum Gasteiger partial charge on any atom is 0.0570 e. The highest BCUT2D eigenvalue weighted by Gasteiger charge is 2.39. The zero-order valence-corrected chi connectivity index (χ0v) is 9.55. The third-order valence-corrected chi connectivity index (χ3v) is 4.07.